The van der Waals surface area contributed by atoms with Gasteiger partial charge in [-0.25, -0.2) is 4.79 Å². The first-order valence-electron chi connectivity index (χ1n) is 4.04. The molecule has 0 saturated heterocycles. The Bertz CT molecular complexity index is 294. The van der Waals surface area contributed by atoms with E-state index in [1.165, 1.54) is 0 Å². The highest BCUT2D eigenvalue weighted by molar-refractivity contribution is 6.36. The lowest BCUT2D eigenvalue weighted by molar-refractivity contribution is -0.138. The number of hydrogen-bond donors (Lipinski definition) is 4. The van der Waals surface area contributed by atoms with Crippen LogP contribution in [-0.4, -0.2) is 39.9 Å². The Morgan fingerprint density at radius 3 is 2.60 bits per heavy atom. The van der Waals surface area contributed by atoms with E-state index in [4.69, 9.17) is 15.9 Å². The Hall–Kier alpha value is -1.34. The summed E-state index contributed by atoms with van der Waals surface area (Å²) in [6.45, 7) is 0. The van der Waals surface area contributed by atoms with Crippen LogP contribution in [0.15, 0.2) is 5.10 Å². The fraction of sp³-hybridized carbons (Fsp3) is 0.571. The summed E-state index contributed by atoms with van der Waals surface area (Å²) in [6.07, 6.45) is 0.367. The van der Waals surface area contributed by atoms with Crippen molar-refractivity contribution in [1.29, 1.82) is 0 Å². The smallest absolute Gasteiger partial charge is 0.352 e. The quantitative estimate of drug-likeness (QED) is 0.498. The van der Waals surface area contributed by atoms with Gasteiger partial charge in [0.15, 0.2) is 0 Å². The third kappa shape index (κ3) is 3.72. The van der Waals surface area contributed by atoms with E-state index in [-0.39, 0.29) is 37.0 Å². The molecule has 0 aromatic heterocycles. The van der Waals surface area contributed by atoms with Crippen molar-refractivity contribution in [2.75, 3.05) is 0 Å². The highest BCUT2D eigenvalue weighted by Crippen LogP contribution is 2.09. The van der Waals surface area contributed by atoms with Gasteiger partial charge < -0.3 is 21.4 Å². The molecule has 0 unspecified atom stereocenters. The third-order valence-electron chi connectivity index (χ3n) is 1.92. The van der Waals surface area contributed by atoms with Gasteiger partial charge in [0.25, 0.3) is 0 Å². The van der Waals surface area contributed by atoms with Gasteiger partial charge >= 0.3 is 11.9 Å². The van der Waals surface area contributed by atoms with Crippen molar-refractivity contribution in [3.8, 4) is 0 Å². The monoisotopic (exact) mass is 237 g/mol. The van der Waals surface area contributed by atoms with Crippen molar-refractivity contribution in [3.63, 3.8) is 0 Å². The average molecular weight is 238 g/mol. The summed E-state index contributed by atoms with van der Waals surface area (Å²) in [5.41, 5.74) is 7.82. The third-order valence-corrected chi connectivity index (χ3v) is 1.92. The van der Waals surface area contributed by atoms with Crippen molar-refractivity contribution < 1.29 is 19.8 Å². The van der Waals surface area contributed by atoms with E-state index in [1.54, 1.807) is 0 Å². The molecule has 2 atom stereocenters. The number of rotatable bonds is 4. The lowest BCUT2D eigenvalue weighted by atomic mass is 10.0. The molecular formula is C7H12ClN3O4. The molecule has 86 valence electrons. The minimum absolute atomic E-state index is 0. The number of aliphatic carboxylic acids is 2. The molecule has 1 aliphatic heterocycles. The Labute approximate surface area is 91.7 Å². The van der Waals surface area contributed by atoms with Crippen LogP contribution in [0, 0.1) is 0 Å². The van der Waals surface area contributed by atoms with Crippen LogP contribution < -0.4 is 11.2 Å². The maximum absolute atomic E-state index is 10.4. The Morgan fingerprint density at radius 2 is 2.20 bits per heavy atom. The standard InChI is InChI=1S/C7H11N3O4.ClH/c8-4(6(11)12)1-3-2-5(7(13)14)10-9-3;/h3-4,9H,1-2,8H2,(H,11,12)(H,13,14);1H/t3-,4-;/m1./s1. The van der Waals surface area contributed by atoms with Crippen LogP contribution in [0.3, 0.4) is 0 Å². The Morgan fingerprint density at radius 1 is 1.60 bits per heavy atom. The van der Waals surface area contributed by atoms with Crippen molar-refractivity contribution in [3.05, 3.63) is 0 Å². The van der Waals surface area contributed by atoms with Gasteiger partial charge in [0, 0.05) is 6.42 Å². The molecule has 5 N–H and O–H groups in total. The van der Waals surface area contributed by atoms with E-state index < -0.39 is 18.0 Å². The molecule has 1 heterocycles. The van der Waals surface area contributed by atoms with Crippen LogP contribution in [0.2, 0.25) is 0 Å². The van der Waals surface area contributed by atoms with Gasteiger partial charge in [-0.1, -0.05) is 0 Å². The molecule has 0 radical (unpaired) electrons. The van der Waals surface area contributed by atoms with Crippen LogP contribution >= 0.6 is 12.4 Å². The first kappa shape index (κ1) is 13.7. The van der Waals surface area contributed by atoms with Crippen LogP contribution in [0.25, 0.3) is 0 Å². The minimum Gasteiger partial charge on any atom is -0.480 e. The van der Waals surface area contributed by atoms with E-state index in [0.717, 1.165) is 0 Å². The fourth-order valence-corrected chi connectivity index (χ4v) is 1.17. The number of carboxylic acid groups (broad SMARTS) is 2. The summed E-state index contributed by atoms with van der Waals surface area (Å²) in [5, 5.41) is 20.6. The van der Waals surface area contributed by atoms with Gasteiger partial charge in [0.2, 0.25) is 0 Å². The van der Waals surface area contributed by atoms with E-state index in [2.05, 4.69) is 10.5 Å². The Kier molecular flexibility index (Phi) is 5.03. The second-order valence-electron chi connectivity index (χ2n) is 3.07. The molecule has 0 aromatic rings. The molecule has 1 rings (SSSR count). The second kappa shape index (κ2) is 5.52. The number of nitrogens with zero attached hydrogens (tertiary/aromatic N) is 1. The van der Waals surface area contributed by atoms with Crippen LogP contribution in [-0.2, 0) is 9.59 Å². The average Bonchev–Trinajstić information content (AvgIpc) is 2.52. The zero-order valence-corrected chi connectivity index (χ0v) is 8.53. The minimum atomic E-state index is -1.10. The maximum atomic E-state index is 10.4. The topological polar surface area (TPSA) is 125 Å². The highest BCUT2D eigenvalue weighted by Gasteiger charge is 2.26. The van der Waals surface area contributed by atoms with Crippen LogP contribution in [0.1, 0.15) is 12.8 Å². The first-order chi connectivity index (χ1) is 6.50. The predicted octanol–water partition coefficient (Wildman–Crippen LogP) is -0.987. The molecule has 1 aliphatic rings. The molecule has 8 heteroatoms. The van der Waals surface area contributed by atoms with Crippen molar-refractivity contribution >= 4 is 30.1 Å². The van der Waals surface area contributed by atoms with Gasteiger partial charge in [-0.05, 0) is 6.42 Å². The van der Waals surface area contributed by atoms with E-state index in [0.29, 0.717) is 0 Å². The summed E-state index contributed by atoms with van der Waals surface area (Å²) < 4.78 is 0. The summed E-state index contributed by atoms with van der Waals surface area (Å²) in [4.78, 5) is 20.8. The number of nitrogens with one attached hydrogen (secondary N) is 1. The molecule has 0 saturated carbocycles. The summed E-state index contributed by atoms with van der Waals surface area (Å²) >= 11 is 0. The van der Waals surface area contributed by atoms with Crippen LogP contribution in [0.4, 0.5) is 0 Å². The van der Waals surface area contributed by atoms with Gasteiger partial charge in [0.05, 0.1) is 6.04 Å². The lowest BCUT2D eigenvalue weighted by Crippen LogP contribution is -2.37. The van der Waals surface area contributed by atoms with Gasteiger partial charge in [-0.2, -0.15) is 5.10 Å². The fourth-order valence-electron chi connectivity index (χ4n) is 1.17. The number of hydrogen-bond acceptors (Lipinski definition) is 5. The van der Waals surface area contributed by atoms with Gasteiger partial charge in [0.1, 0.15) is 11.8 Å². The molecule has 0 amide bonds. The number of nitrogens with two attached hydrogens (primary N) is 1. The largest absolute Gasteiger partial charge is 0.480 e. The predicted molar refractivity (Wildman–Crippen MR) is 54.1 cm³/mol. The summed E-state index contributed by atoms with van der Waals surface area (Å²) in [7, 11) is 0. The number of carbonyl (C=O) groups is 2. The molecule has 15 heavy (non-hydrogen) atoms. The molecular weight excluding hydrogens is 226 g/mol. The highest BCUT2D eigenvalue weighted by atomic mass is 35.5. The number of carboxylic acids is 2. The van der Waals surface area contributed by atoms with E-state index in [1.807, 2.05) is 0 Å². The summed E-state index contributed by atoms with van der Waals surface area (Å²) in [6, 6.07) is -1.29. The molecule has 0 aliphatic carbocycles. The second-order valence-corrected chi connectivity index (χ2v) is 3.07. The number of halogens is 1. The van der Waals surface area contributed by atoms with Crippen LogP contribution in [0.5, 0.6) is 0 Å². The molecule has 0 spiro atoms. The maximum Gasteiger partial charge on any atom is 0.352 e. The van der Waals surface area contributed by atoms with Crippen molar-refractivity contribution in [2.24, 2.45) is 10.8 Å². The molecule has 7 nitrogen and oxygen atoms in total. The van der Waals surface area contributed by atoms with Gasteiger partial charge in [-0.15, -0.1) is 12.4 Å². The van der Waals surface area contributed by atoms with E-state index in [9.17, 15) is 9.59 Å². The van der Waals surface area contributed by atoms with Crippen molar-refractivity contribution in [1.82, 2.24) is 5.43 Å². The molecule has 0 bridgehead atoms. The zero-order valence-electron chi connectivity index (χ0n) is 7.71. The zero-order chi connectivity index (χ0) is 10.7. The van der Waals surface area contributed by atoms with E-state index >= 15 is 0 Å². The van der Waals surface area contributed by atoms with Crippen molar-refractivity contribution in [2.45, 2.75) is 24.9 Å². The first-order valence-corrected chi connectivity index (χ1v) is 4.04. The summed E-state index contributed by atoms with van der Waals surface area (Å²) in [5.74, 6) is -2.19. The molecule has 0 fully saturated rings. The van der Waals surface area contributed by atoms with Gasteiger partial charge in [-0.3, -0.25) is 4.79 Å². The number of hydrazone groups is 1. The Balaban J connectivity index is 0.00000196. The SMILES string of the molecule is Cl.N[C@H](C[C@@H]1CC(C(=O)O)=NN1)C(=O)O. The lowest BCUT2D eigenvalue weighted by Gasteiger charge is -2.11. The normalized spacial score (nSPS) is 20.9. The molecule has 0 aromatic carbocycles.